The highest BCUT2D eigenvalue weighted by Gasteiger charge is 2.72. The lowest BCUT2D eigenvalue weighted by Gasteiger charge is -2.36. The monoisotopic (exact) mass is 535 g/mol. The van der Waals surface area contributed by atoms with Crippen molar-refractivity contribution in [2.75, 3.05) is 11.9 Å². The van der Waals surface area contributed by atoms with Gasteiger partial charge in [-0.25, -0.2) is 0 Å². The minimum absolute atomic E-state index is 0.106. The van der Waals surface area contributed by atoms with Crippen molar-refractivity contribution in [2.45, 2.75) is 109 Å². The number of anilines is 1. The minimum Gasteiger partial charge on any atom is -0.359 e. The quantitative estimate of drug-likeness (QED) is 0.319. The van der Waals surface area contributed by atoms with Gasteiger partial charge in [0.15, 0.2) is 0 Å². The molecular weight excluding hydrogens is 490 g/mol. The number of hydrogen-bond donors (Lipinski definition) is 2. The molecule has 5 rings (SSSR count). The van der Waals surface area contributed by atoms with Gasteiger partial charge in [0.2, 0.25) is 17.7 Å². The molecule has 0 aromatic heterocycles. The number of hydrogen-bond acceptors (Lipinski definition) is 4. The summed E-state index contributed by atoms with van der Waals surface area (Å²) in [6, 6.07) is 7.20. The van der Waals surface area contributed by atoms with Crippen LogP contribution < -0.4 is 10.6 Å². The van der Waals surface area contributed by atoms with Gasteiger partial charge in [0.05, 0.1) is 17.9 Å². The van der Waals surface area contributed by atoms with Gasteiger partial charge in [-0.1, -0.05) is 84.1 Å². The van der Waals surface area contributed by atoms with Gasteiger partial charge >= 0.3 is 0 Å². The van der Waals surface area contributed by atoms with E-state index in [-0.39, 0.29) is 23.8 Å². The van der Waals surface area contributed by atoms with Crippen LogP contribution in [0.2, 0.25) is 0 Å². The van der Waals surface area contributed by atoms with E-state index < -0.39 is 29.6 Å². The Kier molecular flexibility index (Phi) is 8.18. The topological polar surface area (TPSA) is 87.7 Å². The summed E-state index contributed by atoms with van der Waals surface area (Å²) in [5.41, 5.74) is 0.800. The van der Waals surface area contributed by atoms with Crippen LogP contribution in [0, 0.1) is 17.8 Å². The van der Waals surface area contributed by atoms with E-state index in [9.17, 15) is 14.4 Å². The summed E-state index contributed by atoms with van der Waals surface area (Å²) >= 11 is 0. The number of nitrogens with zero attached hydrogens (tertiary/aromatic N) is 1. The standard InChI is InChI=1S/C32H45N3O4/c1-5-6-7-10-19-35-28(30(37)34-24-12-9-8-11-21(24)4)32-18-17-25(39-32)26(27(32)31(35)38)29(36)33-23-15-13-22(14-16-23)20(2)3/h13-18,20-21,24-28H,5-12,19H2,1-4H3,(H,33,36)(H,34,37)/t21?,24?,25-,26?,27-,28?,32?/m1/s1. The highest BCUT2D eigenvalue weighted by atomic mass is 16.5. The SMILES string of the molecule is CCCCCCN1C(=O)[C@H]2C(C(=O)Nc3ccc(C(C)C)cc3)[C@H]3C=CC2(O3)C1C(=O)NC1CCCCC1C. The Balaban J connectivity index is 1.39. The summed E-state index contributed by atoms with van der Waals surface area (Å²) in [6.45, 7) is 9.12. The summed E-state index contributed by atoms with van der Waals surface area (Å²) < 4.78 is 6.49. The first-order valence-electron chi connectivity index (χ1n) is 15.2. The highest BCUT2D eigenvalue weighted by Crippen LogP contribution is 2.55. The highest BCUT2D eigenvalue weighted by molar-refractivity contribution is 6.02. The molecular formula is C32H45N3O4. The Labute approximate surface area is 233 Å². The number of ether oxygens (including phenoxy) is 1. The lowest BCUT2D eigenvalue weighted by atomic mass is 9.74. The zero-order valence-electron chi connectivity index (χ0n) is 23.9. The minimum atomic E-state index is -1.10. The molecule has 7 nitrogen and oxygen atoms in total. The molecule has 3 aliphatic heterocycles. The van der Waals surface area contributed by atoms with Crippen LogP contribution in [0.3, 0.4) is 0 Å². The van der Waals surface area contributed by atoms with Crippen LogP contribution >= 0.6 is 0 Å². The smallest absolute Gasteiger partial charge is 0.246 e. The van der Waals surface area contributed by atoms with E-state index in [0.29, 0.717) is 24.1 Å². The Hall–Kier alpha value is -2.67. The van der Waals surface area contributed by atoms with E-state index >= 15 is 0 Å². The molecule has 1 saturated carbocycles. The van der Waals surface area contributed by atoms with Crippen LogP contribution in [0.4, 0.5) is 5.69 Å². The second kappa shape index (κ2) is 11.4. The molecule has 0 radical (unpaired) electrons. The molecule has 1 aromatic carbocycles. The predicted octanol–water partition coefficient (Wildman–Crippen LogP) is 5.17. The van der Waals surface area contributed by atoms with Crippen molar-refractivity contribution in [3.05, 3.63) is 42.0 Å². The molecule has 1 spiro atoms. The molecule has 7 heteroatoms. The lowest BCUT2D eigenvalue weighted by Crippen LogP contribution is -2.57. The Morgan fingerprint density at radius 1 is 1.08 bits per heavy atom. The van der Waals surface area contributed by atoms with Gasteiger partial charge in [-0.3, -0.25) is 14.4 Å². The molecule has 2 saturated heterocycles. The molecule has 5 unspecified atom stereocenters. The van der Waals surface area contributed by atoms with Gasteiger partial charge < -0.3 is 20.3 Å². The van der Waals surface area contributed by atoms with Gasteiger partial charge in [-0.05, 0) is 48.8 Å². The second-order valence-electron chi connectivity index (χ2n) is 12.4. The third-order valence-corrected chi connectivity index (χ3v) is 9.46. The number of carbonyl (C=O) groups excluding carboxylic acids is 3. The maximum atomic E-state index is 14.0. The number of likely N-dealkylation sites (tertiary alicyclic amines) is 1. The van der Waals surface area contributed by atoms with Crippen LogP contribution in [-0.4, -0.2) is 53.0 Å². The van der Waals surface area contributed by atoms with Crippen molar-refractivity contribution in [2.24, 2.45) is 17.8 Å². The van der Waals surface area contributed by atoms with Crippen LogP contribution in [0.15, 0.2) is 36.4 Å². The Bertz CT molecular complexity index is 1100. The van der Waals surface area contributed by atoms with Gasteiger partial charge in [-0.2, -0.15) is 0 Å². The number of fused-ring (bicyclic) bond motifs is 1. The first kappa shape index (κ1) is 27.9. The Morgan fingerprint density at radius 3 is 2.51 bits per heavy atom. The van der Waals surface area contributed by atoms with Gasteiger partial charge in [0.1, 0.15) is 11.6 Å². The molecule has 7 atom stereocenters. The van der Waals surface area contributed by atoms with Crippen molar-refractivity contribution in [1.82, 2.24) is 10.2 Å². The van der Waals surface area contributed by atoms with E-state index in [0.717, 1.165) is 44.9 Å². The van der Waals surface area contributed by atoms with Crippen molar-refractivity contribution < 1.29 is 19.1 Å². The average Bonchev–Trinajstić information content (AvgIpc) is 3.55. The summed E-state index contributed by atoms with van der Waals surface area (Å²) in [6.07, 6.45) is 11.6. The summed E-state index contributed by atoms with van der Waals surface area (Å²) in [5, 5.41) is 6.33. The van der Waals surface area contributed by atoms with Gasteiger partial charge in [0.25, 0.3) is 0 Å². The van der Waals surface area contributed by atoms with Crippen LogP contribution in [0.5, 0.6) is 0 Å². The van der Waals surface area contributed by atoms with E-state index in [1.807, 2.05) is 36.4 Å². The van der Waals surface area contributed by atoms with E-state index in [2.05, 4.69) is 38.3 Å². The largest absolute Gasteiger partial charge is 0.359 e. The molecule has 4 aliphatic rings. The van der Waals surface area contributed by atoms with E-state index in [4.69, 9.17) is 4.74 Å². The lowest BCUT2D eigenvalue weighted by molar-refractivity contribution is -0.141. The van der Waals surface area contributed by atoms with E-state index in [1.165, 1.54) is 12.0 Å². The zero-order valence-corrected chi connectivity index (χ0v) is 23.9. The molecule has 39 heavy (non-hydrogen) atoms. The van der Waals surface area contributed by atoms with Crippen molar-refractivity contribution >= 4 is 23.4 Å². The maximum absolute atomic E-state index is 14.0. The summed E-state index contributed by atoms with van der Waals surface area (Å²) in [4.78, 5) is 43.4. The van der Waals surface area contributed by atoms with Gasteiger partial charge in [0, 0.05) is 18.3 Å². The first-order valence-corrected chi connectivity index (χ1v) is 15.2. The molecule has 212 valence electrons. The van der Waals surface area contributed by atoms with Crippen molar-refractivity contribution in [3.8, 4) is 0 Å². The number of benzene rings is 1. The van der Waals surface area contributed by atoms with E-state index in [1.54, 1.807) is 4.90 Å². The fourth-order valence-electron chi connectivity index (χ4n) is 7.19. The fourth-order valence-corrected chi connectivity index (χ4v) is 7.19. The Morgan fingerprint density at radius 2 is 1.82 bits per heavy atom. The first-order chi connectivity index (χ1) is 18.8. The number of carbonyl (C=O) groups is 3. The molecule has 3 heterocycles. The van der Waals surface area contributed by atoms with Crippen LogP contribution in [0.1, 0.15) is 90.5 Å². The summed E-state index contributed by atoms with van der Waals surface area (Å²) in [7, 11) is 0. The fraction of sp³-hybridized carbons (Fsp3) is 0.656. The number of nitrogens with one attached hydrogen (secondary N) is 2. The number of rotatable bonds is 10. The summed E-state index contributed by atoms with van der Waals surface area (Å²) in [5.74, 6) is -1.07. The third kappa shape index (κ3) is 5.15. The molecule has 1 aromatic rings. The molecule has 1 aliphatic carbocycles. The number of unbranched alkanes of at least 4 members (excludes halogenated alkanes) is 3. The van der Waals surface area contributed by atoms with Crippen LogP contribution in [0.25, 0.3) is 0 Å². The molecule has 2 N–H and O–H groups in total. The third-order valence-electron chi connectivity index (χ3n) is 9.46. The molecule has 3 amide bonds. The average molecular weight is 536 g/mol. The normalized spacial score (nSPS) is 33.1. The molecule has 2 bridgehead atoms. The van der Waals surface area contributed by atoms with Gasteiger partial charge in [-0.15, -0.1) is 0 Å². The van der Waals surface area contributed by atoms with Crippen molar-refractivity contribution in [1.29, 1.82) is 0 Å². The van der Waals surface area contributed by atoms with Crippen molar-refractivity contribution in [3.63, 3.8) is 0 Å². The predicted molar refractivity (Wildman–Crippen MR) is 152 cm³/mol. The van der Waals surface area contributed by atoms with Crippen LogP contribution in [-0.2, 0) is 19.1 Å². The maximum Gasteiger partial charge on any atom is 0.246 e. The molecule has 3 fully saturated rings. The number of amides is 3. The zero-order chi connectivity index (χ0) is 27.7. The second-order valence-corrected chi connectivity index (χ2v) is 12.4.